The van der Waals surface area contributed by atoms with Gasteiger partial charge in [-0.3, -0.25) is 4.79 Å². The predicted octanol–water partition coefficient (Wildman–Crippen LogP) is 2.56. The van der Waals surface area contributed by atoms with Gasteiger partial charge < -0.3 is 5.32 Å². The Morgan fingerprint density at radius 2 is 2.09 bits per heavy atom. The van der Waals surface area contributed by atoms with Gasteiger partial charge >= 0.3 is 0 Å². The summed E-state index contributed by atoms with van der Waals surface area (Å²) in [4.78, 5) is 12.6. The van der Waals surface area contributed by atoms with Crippen LogP contribution in [0.25, 0.3) is 0 Å². The number of hydrogen-bond donors (Lipinski definition) is 1. The van der Waals surface area contributed by atoms with Gasteiger partial charge in [-0.2, -0.15) is 0 Å². The summed E-state index contributed by atoms with van der Waals surface area (Å²) in [5, 5.41) is 3.03. The molecule has 1 saturated heterocycles. The SMILES string of the molecule is CCc1cccc(C)c1NC(=O)[C@H]1CCCN(S(=O)(=O)CC)C1. The highest BCUT2D eigenvalue weighted by atomic mass is 32.2. The van der Waals surface area contributed by atoms with E-state index in [0.29, 0.717) is 6.54 Å². The number of para-hydroxylation sites is 1. The van der Waals surface area contributed by atoms with E-state index >= 15 is 0 Å². The molecule has 1 N–H and O–H groups in total. The van der Waals surface area contributed by atoms with Crippen LogP contribution in [-0.4, -0.2) is 37.5 Å². The van der Waals surface area contributed by atoms with Crippen molar-refractivity contribution < 1.29 is 13.2 Å². The number of rotatable bonds is 5. The van der Waals surface area contributed by atoms with E-state index in [9.17, 15) is 13.2 Å². The maximum absolute atomic E-state index is 12.6. The zero-order valence-corrected chi connectivity index (χ0v) is 14.9. The van der Waals surface area contributed by atoms with E-state index in [4.69, 9.17) is 0 Å². The average molecular weight is 338 g/mol. The number of amides is 1. The third kappa shape index (κ3) is 4.12. The molecule has 1 atom stereocenters. The van der Waals surface area contributed by atoms with Crippen LogP contribution in [0.2, 0.25) is 0 Å². The van der Waals surface area contributed by atoms with E-state index in [1.807, 2.05) is 25.1 Å². The fraction of sp³-hybridized carbons (Fsp3) is 0.588. The molecule has 0 spiro atoms. The third-order valence-corrected chi connectivity index (χ3v) is 6.35. The lowest BCUT2D eigenvalue weighted by atomic mass is 9.98. The molecule has 1 aromatic rings. The highest BCUT2D eigenvalue weighted by molar-refractivity contribution is 7.89. The van der Waals surface area contributed by atoms with Crippen molar-refractivity contribution in [2.24, 2.45) is 5.92 Å². The molecule has 0 bridgehead atoms. The molecule has 0 radical (unpaired) electrons. The Bertz CT molecular complexity index is 670. The third-order valence-electron chi connectivity index (χ3n) is 4.50. The zero-order chi connectivity index (χ0) is 17.0. The summed E-state index contributed by atoms with van der Waals surface area (Å²) in [5.41, 5.74) is 3.01. The van der Waals surface area contributed by atoms with Crippen molar-refractivity contribution in [3.8, 4) is 0 Å². The highest BCUT2D eigenvalue weighted by Crippen LogP contribution is 2.25. The fourth-order valence-electron chi connectivity index (χ4n) is 3.02. The zero-order valence-electron chi connectivity index (χ0n) is 14.1. The van der Waals surface area contributed by atoms with Gasteiger partial charge in [0.2, 0.25) is 15.9 Å². The molecule has 0 unspecified atom stereocenters. The van der Waals surface area contributed by atoms with Crippen molar-refractivity contribution in [3.05, 3.63) is 29.3 Å². The van der Waals surface area contributed by atoms with Crippen molar-refractivity contribution in [3.63, 3.8) is 0 Å². The second kappa shape index (κ2) is 7.45. The molecule has 0 saturated carbocycles. The molecule has 5 nitrogen and oxygen atoms in total. The lowest BCUT2D eigenvalue weighted by molar-refractivity contribution is -0.120. The maximum Gasteiger partial charge on any atom is 0.228 e. The lowest BCUT2D eigenvalue weighted by Gasteiger charge is -2.31. The van der Waals surface area contributed by atoms with Crippen LogP contribution >= 0.6 is 0 Å². The Hall–Kier alpha value is -1.40. The molecule has 0 aliphatic carbocycles. The molecule has 2 rings (SSSR count). The molecule has 1 aliphatic heterocycles. The van der Waals surface area contributed by atoms with Crippen LogP contribution in [-0.2, 0) is 21.2 Å². The van der Waals surface area contributed by atoms with E-state index in [2.05, 4.69) is 12.2 Å². The molecule has 0 aromatic heterocycles. The Morgan fingerprint density at radius 3 is 2.74 bits per heavy atom. The van der Waals surface area contributed by atoms with Gasteiger partial charge in [-0.05, 0) is 44.2 Å². The number of anilines is 1. The first kappa shape index (κ1) is 17.9. The first-order valence-corrected chi connectivity index (χ1v) is 9.87. The second-order valence-electron chi connectivity index (χ2n) is 6.05. The number of nitrogens with one attached hydrogen (secondary N) is 1. The van der Waals surface area contributed by atoms with Crippen LogP contribution in [0.4, 0.5) is 5.69 Å². The normalized spacial score (nSPS) is 19.5. The summed E-state index contributed by atoms with van der Waals surface area (Å²) in [5.74, 6) is -0.279. The van der Waals surface area contributed by atoms with Gasteiger partial charge in [0, 0.05) is 18.8 Å². The van der Waals surface area contributed by atoms with Crippen molar-refractivity contribution >= 4 is 21.6 Å². The van der Waals surface area contributed by atoms with Crippen LogP contribution in [0.5, 0.6) is 0 Å². The number of carbonyl (C=O) groups is 1. The van der Waals surface area contributed by atoms with E-state index in [-0.39, 0.29) is 24.1 Å². The van der Waals surface area contributed by atoms with E-state index in [1.54, 1.807) is 6.92 Å². The van der Waals surface area contributed by atoms with Gasteiger partial charge in [0.15, 0.2) is 0 Å². The highest BCUT2D eigenvalue weighted by Gasteiger charge is 2.31. The standard InChI is InChI=1S/C17H26N2O3S/c1-4-14-9-6-8-13(3)16(14)18-17(20)15-10-7-11-19(12-15)23(21,22)5-2/h6,8-9,15H,4-5,7,10-12H2,1-3H3,(H,18,20)/t15-/m0/s1. The number of nitrogens with zero attached hydrogens (tertiary/aromatic N) is 1. The number of aryl methyl sites for hydroxylation is 2. The summed E-state index contributed by atoms with van der Waals surface area (Å²) < 4.78 is 25.5. The summed E-state index contributed by atoms with van der Waals surface area (Å²) >= 11 is 0. The van der Waals surface area contributed by atoms with E-state index < -0.39 is 10.0 Å². The van der Waals surface area contributed by atoms with Gasteiger partial charge in [-0.15, -0.1) is 0 Å². The Morgan fingerprint density at radius 1 is 1.35 bits per heavy atom. The number of hydrogen-bond acceptors (Lipinski definition) is 3. The van der Waals surface area contributed by atoms with Gasteiger partial charge in [-0.1, -0.05) is 25.1 Å². The molecular formula is C17H26N2O3S. The van der Waals surface area contributed by atoms with Gasteiger partial charge in [-0.25, -0.2) is 12.7 Å². The fourth-order valence-corrected chi connectivity index (χ4v) is 4.20. The maximum atomic E-state index is 12.6. The minimum Gasteiger partial charge on any atom is -0.325 e. The smallest absolute Gasteiger partial charge is 0.228 e. The molecule has 1 aliphatic rings. The van der Waals surface area contributed by atoms with Crippen LogP contribution in [0.1, 0.15) is 37.8 Å². The quantitative estimate of drug-likeness (QED) is 0.897. The number of benzene rings is 1. The summed E-state index contributed by atoms with van der Waals surface area (Å²) in [7, 11) is -3.23. The molecule has 6 heteroatoms. The Labute approximate surface area is 139 Å². The molecule has 1 heterocycles. The number of piperidine rings is 1. The van der Waals surface area contributed by atoms with Gasteiger partial charge in [0.25, 0.3) is 0 Å². The lowest BCUT2D eigenvalue weighted by Crippen LogP contribution is -2.44. The predicted molar refractivity (Wildman–Crippen MR) is 92.9 cm³/mol. The largest absolute Gasteiger partial charge is 0.325 e. The molecule has 1 fully saturated rings. The van der Waals surface area contributed by atoms with E-state index in [1.165, 1.54) is 4.31 Å². The molecule has 128 valence electrons. The monoisotopic (exact) mass is 338 g/mol. The Kier molecular flexibility index (Phi) is 5.81. The minimum absolute atomic E-state index is 0.0787. The average Bonchev–Trinajstić information content (AvgIpc) is 2.56. The summed E-state index contributed by atoms with van der Waals surface area (Å²) in [6.45, 7) is 6.48. The van der Waals surface area contributed by atoms with Crippen LogP contribution in [0, 0.1) is 12.8 Å². The van der Waals surface area contributed by atoms with Crippen LogP contribution < -0.4 is 5.32 Å². The van der Waals surface area contributed by atoms with E-state index in [0.717, 1.165) is 36.1 Å². The van der Waals surface area contributed by atoms with Gasteiger partial charge in [0.1, 0.15) is 0 Å². The second-order valence-corrected chi connectivity index (χ2v) is 8.31. The summed E-state index contributed by atoms with van der Waals surface area (Å²) in [6.07, 6.45) is 2.30. The van der Waals surface area contributed by atoms with Crippen molar-refractivity contribution in [1.82, 2.24) is 4.31 Å². The van der Waals surface area contributed by atoms with Crippen LogP contribution in [0.15, 0.2) is 18.2 Å². The summed E-state index contributed by atoms with van der Waals surface area (Å²) in [6, 6.07) is 5.97. The topological polar surface area (TPSA) is 66.5 Å². The van der Waals surface area contributed by atoms with Gasteiger partial charge in [0.05, 0.1) is 11.7 Å². The van der Waals surface area contributed by atoms with Crippen molar-refractivity contribution in [2.75, 3.05) is 24.2 Å². The van der Waals surface area contributed by atoms with Crippen LogP contribution in [0.3, 0.4) is 0 Å². The first-order valence-electron chi connectivity index (χ1n) is 8.26. The molecule has 1 aromatic carbocycles. The molecule has 23 heavy (non-hydrogen) atoms. The van der Waals surface area contributed by atoms with Crippen molar-refractivity contribution in [1.29, 1.82) is 0 Å². The van der Waals surface area contributed by atoms with Crippen molar-refractivity contribution in [2.45, 2.75) is 40.0 Å². The first-order chi connectivity index (χ1) is 10.9. The molecular weight excluding hydrogens is 312 g/mol. The number of sulfonamides is 1. The molecule has 1 amide bonds. The Balaban J connectivity index is 2.12. The minimum atomic E-state index is -3.23. The number of carbonyl (C=O) groups excluding carboxylic acids is 1.